The number of carbonyl (C=O) groups excluding carboxylic acids is 1. The summed E-state index contributed by atoms with van der Waals surface area (Å²) in [5.41, 5.74) is 5.71. The van der Waals surface area contributed by atoms with Crippen LogP contribution >= 0.6 is 11.3 Å². The lowest BCUT2D eigenvalue weighted by molar-refractivity contribution is 0.0595. The summed E-state index contributed by atoms with van der Waals surface area (Å²) in [6, 6.07) is 7.95. The van der Waals surface area contributed by atoms with Crippen molar-refractivity contribution < 1.29 is 9.53 Å². The van der Waals surface area contributed by atoms with Gasteiger partial charge in [0.2, 0.25) is 0 Å². The minimum atomic E-state index is -0.453. The van der Waals surface area contributed by atoms with Crippen molar-refractivity contribution >= 4 is 33.9 Å². The second-order valence-corrected chi connectivity index (χ2v) is 5.32. The summed E-state index contributed by atoms with van der Waals surface area (Å²) < 4.78 is 4.69. The van der Waals surface area contributed by atoms with Crippen LogP contribution in [0.5, 0.6) is 0 Å². The van der Waals surface area contributed by atoms with Crippen molar-refractivity contribution in [1.29, 1.82) is 0 Å². The maximum atomic E-state index is 11.6. The van der Waals surface area contributed by atoms with E-state index in [9.17, 15) is 4.79 Å². The van der Waals surface area contributed by atoms with E-state index < -0.39 is 5.97 Å². The van der Waals surface area contributed by atoms with Gasteiger partial charge in [0.1, 0.15) is 10.7 Å². The van der Waals surface area contributed by atoms with Crippen LogP contribution in [0.25, 0.3) is 10.9 Å². The highest BCUT2D eigenvalue weighted by molar-refractivity contribution is 7.12. The molecule has 1 aromatic carbocycles. The molecule has 0 saturated carbocycles. The predicted molar refractivity (Wildman–Crippen MR) is 86.5 cm³/mol. The van der Waals surface area contributed by atoms with Gasteiger partial charge in [0.15, 0.2) is 5.69 Å². The number of esters is 1. The maximum Gasteiger partial charge on any atom is 0.357 e. The number of nitrogens with zero attached hydrogens (tertiary/aromatic N) is 2. The second kappa shape index (κ2) is 5.98. The van der Waals surface area contributed by atoms with Crippen LogP contribution in [0.2, 0.25) is 0 Å². The number of hydrogen-bond donors (Lipinski definition) is 2. The molecule has 0 fully saturated rings. The number of para-hydroxylation sites is 1. The van der Waals surface area contributed by atoms with Crippen molar-refractivity contribution in [3.63, 3.8) is 0 Å². The van der Waals surface area contributed by atoms with E-state index in [1.165, 1.54) is 18.4 Å². The minimum Gasteiger partial charge on any atom is -0.464 e. The minimum absolute atomic E-state index is 0.283. The van der Waals surface area contributed by atoms with Gasteiger partial charge >= 0.3 is 5.97 Å². The molecular weight excluding hydrogens is 300 g/mol. The van der Waals surface area contributed by atoms with Gasteiger partial charge in [0, 0.05) is 35.1 Å². The van der Waals surface area contributed by atoms with E-state index in [0.29, 0.717) is 10.7 Å². The number of aromatic amines is 1. The first kappa shape index (κ1) is 14.3. The summed E-state index contributed by atoms with van der Waals surface area (Å²) in [4.78, 5) is 19.1. The molecule has 2 heterocycles. The van der Waals surface area contributed by atoms with E-state index >= 15 is 0 Å². The fraction of sp³-hybridized carbons (Fsp3) is 0.133. The molecule has 2 N–H and O–H groups in total. The lowest BCUT2D eigenvalue weighted by Crippen LogP contribution is -2.09. The molecule has 0 aliphatic carbocycles. The highest BCUT2D eigenvalue weighted by Crippen LogP contribution is 2.23. The van der Waals surface area contributed by atoms with Gasteiger partial charge in [-0.1, -0.05) is 18.2 Å². The van der Waals surface area contributed by atoms with E-state index in [0.717, 1.165) is 16.5 Å². The van der Waals surface area contributed by atoms with Crippen LogP contribution in [0.3, 0.4) is 0 Å². The molecule has 7 heteroatoms. The Morgan fingerprint density at radius 2 is 2.23 bits per heavy atom. The van der Waals surface area contributed by atoms with Gasteiger partial charge < -0.3 is 15.1 Å². The van der Waals surface area contributed by atoms with Crippen molar-refractivity contribution in [2.75, 3.05) is 14.2 Å². The number of nitrogens with one attached hydrogen (secondary N) is 2. The molecule has 0 bridgehead atoms. The highest BCUT2D eigenvalue weighted by atomic mass is 32.1. The molecular formula is C15H14N4O2S. The van der Waals surface area contributed by atoms with Crippen LogP contribution in [0.4, 0.5) is 0 Å². The quantitative estimate of drug-likeness (QED) is 0.440. The number of ether oxygens (including phenoxy) is 1. The molecule has 112 valence electrons. The zero-order valence-electron chi connectivity index (χ0n) is 12.1. The third kappa shape index (κ3) is 2.46. The van der Waals surface area contributed by atoms with Gasteiger partial charge in [-0.25, -0.2) is 9.78 Å². The highest BCUT2D eigenvalue weighted by Gasteiger charge is 2.18. The monoisotopic (exact) mass is 314 g/mol. The number of hydrogen-bond acceptors (Lipinski definition) is 6. The topological polar surface area (TPSA) is 79.4 Å². The summed E-state index contributed by atoms with van der Waals surface area (Å²) in [7, 11) is 3.06. The lowest BCUT2D eigenvalue weighted by Gasteiger charge is -2.02. The molecule has 2 aromatic heterocycles. The number of methoxy groups -OCH3 is 1. The Bertz CT molecular complexity index is 850. The molecule has 3 aromatic rings. The molecule has 22 heavy (non-hydrogen) atoms. The number of carbonyl (C=O) groups is 1. The summed E-state index contributed by atoms with van der Waals surface area (Å²) in [6.45, 7) is 0. The number of thiazole rings is 1. The molecule has 0 atom stereocenters. The van der Waals surface area contributed by atoms with Gasteiger partial charge in [-0.05, 0) is 6.07 Å². The standard InChI is InChI=1S/C15H14N4O2S/c1-16-19-13(14-18-12(8-22-14)15(20)21-2)10-7-17-11-6-4-3-5-9(10)11/h3-8,16-17H,1-2H3/b19-13-. The molecule has 0 saturated heterocycles. The number of fused-ring (bicyclic) bond motifs is 1. The molecule has 6 nitrogen and oxygen atoms in total. The van der Waals surface area contributed by atoms with E-state index in [2.05, 4.69) is 20.5 Å². The van der Waals surface area contributed by atoms with Crippen molar-refractivity contribution in [1.82, 2.24) is 15.4 Å². The molecule has 0 unspecified atom stereocenters. The predicted octanol–water partition coefficient (Wildman–Crippen LogP) is 2.38. The van der Waals surface area contributed by atoms with Gasteiger partial charge in [-0.2, -0.15) is 5.10 Å². The van der Waals surface area contributed by atoms with Gasteiger partial charge in [0.25, 0.3) is 0 Å². The van der Waals surface area contributed by atoms with E-state index in [-0.39, 0.29) is 5.69 Å². The normalized spacial score (nSPS) is 11.6. The fourth-order valence-corrected chi connectivity index (χ4v) is 2.97. The van der Waals surface area contributed by atoms with Crippen LogP contribution in [0.1, 0.15) is 21.1 Å². The van der Waals surface area contributed by atoms with Crippen molar-refractivity contribution in [3.8, 4) is 0 Å². The Morgan fingerprint density at radius 3 is 3.00 bits per heavy atom. The Hall–Kier alpha value is -2.67. The number of H-pyrrole nitrogens is 1. The van der Waals surface area contributed by atoms with Gasteiger partial charge in [-0.3, -0.25) is 0 Å². The molecule has 0 spiro atoms. The average molecular weight is 314 g/mol. The lowest BCUT2D eigenvalue weighted by atomic mass is 10.1. The SMILES string of the molecule is CN/N=C(\c1nc(C(=O)OC)cs1)c1c[nH]c2ccccc12. The van der Waals surface area contributed by atoms with Gasteiger partial charge in [0.05, 0.1) is 7.11 Å². The van der Waals surface area contributed by atoms with Crippen LogP contribution < -0.4 is 5.43 Å². The molecule has 0 amide bonds. The summed E-state index contributed by atoms with van der Waals surface area (Å²) in [5, 5.41) is 7.70. The zero-order valence-corrected chi connectivity index (χ0v) is 12.9. The van der Waals surface area contributed by atoms with Crippen LogP contribution in [-0.2, 0) is 4.74 Å². The first-order valence-electron chi connectivity index (χ1n) is 6.59. The Balaban J connectivity index is 2.09. The molecule has 0 aliphatic heterocycles. The first-order valence-corrected chi connectivity index (χ1v) is 7.47. The Morgan fingerprint density at radius 1 is 1.41 bits per heavy atom. The Kier molecular flexibility index (Phi) is 3.88. The smallest absolute Gasteiger partial charge is 0.357 e. The largest absolute Gasteiger partial charge is 0.464 e. The molecule has 3 rings (SSSR count). The van der Waals surface area contributed by atoms with E-state index in [1.807, 2.05) is 30.5 Å². The van der Waals surface area contributed by atoms with E-state index in [4.69, 9.17) is 4.74 Å². The maximum absolute atomic E-state index is 11.6. The second-order valence-electron chi connectivity index (χ2n) is 4.46. The zero-order chi connectivity index (χ0) is 15.5. The van der Waals surface area contributed by atoms with Crippen LogP contribution in [-0.4, -0.2) is 35.8 Å². The number of hydrazone groups is 1. The summed E-state index contributed by atoms with van der Waals surface area (Å²) in [5.74, 6) is -0.453. The van der Waals surface area contributed by atoms with Crippen LogP contribution in [0.15, 0.2) is 40.9 Å². The van der Waals surface area contributed by atoms with Crippen molar-refractivity contribution in [2.24, 2.45) is 5.10 Å². The third-order valence-electron chi connectivity index (χ3n) is 3.17. The third-order valence-corrected chi connectivity index (χ3v) is 4.02. The summed E-state index contributed by atoms with van der Waals surface area (Å²) in [6.07, 6.45) is 1.89. The van der Waals surface area contributed by atoms with Crippen LogP contribution in [0, 0.1) is 0 Å². The molecule has 0 radical (unpaired) electrons. The molecule has 0 aliphatic rings. The Labute approximate surface area is 130 Å². The number of aromatic nitrogens is 2. The average Bonchev–Trinajstić information content (AvgIpc) is 3.19. The number of benzene rings is 1. The fourth-order valence-electron chi connectivity index (χ4n) is 2.18. The summed E-state index contributed by atoms with van der Waals surface area (Å²) >= 11 is 1.35. The van der Waals surface area contributed by atoms with E-state index in [1.54, 1.807) is 12.4 Å². The number of rotatable bonds is 4. The van der Waals surface area contributed by atoms with Crippen molar-refractivity contribution in [3.05, 3.63) is 52.1 Å². The van der Waals surface area contributed by atoms with Gasteiger partial charge in [-0.15, -0.1) is 11.3 Å². The van der Waals surface area contributed by atoms with Crippen molar-refractivity contribution in [2.45, 2.75) is 0 Å². The first-order chi connectivity index (χ1) is 10.7.